The van der Waals surface area contributed by atoms with E-state index in [9.17, 15) is 4.79 Å². The van der Waals surface area contributed by atoms with Crippen molar-refractivity contribution in [3.05, 3.63) is 53.3 Å². The van der Waals surface area contributed by atoms with Gasteiger partial charge in [0.05, 0.1) is 6.54 Å². The van der Waals surface area contributed by atoms with Gasteiger partial charge in [0, 0.05) is 38.0 Å². The Morgan fingerprint density at radius 1 is 1.20 bits per heavy atom. The number of benzene rings is 1. The maximum absolute atomic E-state index is 12.8. The van der Waals surface area contributed by atoms with Crippen molar-refractivity contribution < 1.29 is 25.9 Å². The number of likely N-dealkylation sites (tertiary alicyclic amines) is 1. The summed E-state index contributed by atoms with van der Waals surface area (Å²) in [4.78, 5) is 15.1. The van der Waals surface area contributed by atoms with Crippen LogP contribution in [0.3, 0.4) is 0 Å². The Balaban J connectivity index is 0.00000225. The third-order valence-corrected chi connectivity index (χ3v) is 5.34. The molecule has 134 valence electrons. The number of hydrogen-bond acceptors (Lipinski definition) is 2. The molecule has 1 aliphatic heterocycles. The zero-order valence-electron chi connectivity index (χ0n) is 15.4. The van der Waals surface area contributed by atoms with Crippen LogP contribution in [0, 0.1) is 25.8 Å². The Hall–Kier alpha value is -1.18. The van der Waals surface area contributed by atoms with Gasteiger partial charge in [0.1, 0.15) is 0 Å². The third kappa shape index (κ3) is 4.51. The Kier molecular flexibility index (Phi) is 7.22. The molecule has 0 N–H and O–H groups in total. The molecule has 1 aliphatic rings. The summed E-state index contributed by atoms with van der Waals surface area (Å²) in [5.74, 6) is 1.09. The van der Waals surface area contributed by atoms with Gasteiger partial charge in [-0.05, 0) is 51.8 Å². The van der Waals surface area contributed by atoms with Crippen LogP contribution in [-0.4, -0.2) is 34.9 Å². The van der Waals surface area contributed by atoms with E-state index in [1.807, 2.05) is 37.3 Å². The van der Waals surface area contributed by atoms with Gasteiger partial charge in [0.25, 0.3) is 0 Å². The monoisotopic (exact) mass is 507 g/mol. The van der Waals surface area contributed by atoms with Gasteiger partial charge in [0.2, 0.25) is 0 Å². The SMILES string of the molecule is CCC1CCN(CC(=O)c2cc(C)n(-c3cc[c-]cc3)c2C)CC1.[W]. The van der Waals surface area contributed by atoms with Crippen LogP contribution in [0.1, 0.15) is 47.9 Å². The van der Waals surface area contributed by atoms with Crippen molar-refractivity contribution in [3.63, 3.8) is 0 Å². The van der Waals surface area contributed by atoms with Crippen molar-refractivity contribution >= 4 is 5.78 Å². The second-order valence-corrected chi connectivity index (χ2v) is 6.93. The molecular formula is C21H27N2OW-. The first kappa shape index (κ1) is 20.1. The van der Waals surface area contributed by atoms with Gasteiger partial charge in [-0.1, -0.05) is 19.0 Å². The second-order valence-electron chi connectivity index (χ2n) is 6.93. The number of aryl methyl sites for hydroxylation is 1. The number of rotatable bonds is 5. The number of Topliss-reactive ketones (excluding diaryl/α,β-unsaturated/α-hetero) is 1. The van der Waals surface area contributed by atoms with Gasteiger partial charge in [-0.15, -0.1) is 12.1 Å². The molecule has 0 bridgehead atoms. The Morgan fingerprint density at radius 3 is 2.44 bits per heavy atom. The van der Waals surface area contributed by atoms with Crippen molar-refractivity contribution in [2.45, 2.75) is 40.0 Å². The van der Waals surface area contributed by atoms with E-state index in [-0.39, 0.29) is 26.8 Å². The fourth-order valence-corrected chi connectivity index (χ4v) is 3.81. The maximum atomic E-state index is 12.8. The summed E-state index contributed by atoms with van der Waals surface area (Å²) in [6, 6.07) is 13.0. The zero-order chi connectivity index (χ0) is 17.1. The van der Waals surface area contributed by atoms with E-state index in [4.69, 9.17) is 0 Å². The molecule has 3 rings (SSSR count). The van der Waals surface area contributed by atoms with Crippen LogP contribution in [0.4, 0.5) is 0 Å². The number of piperidine rings is 1. The van der Waals surface area contributed by atoms with E-state index in [0.29, 0.717) is 6.54 Å². The topological polar surface area (TPSA) is 25.2 Å². The molecule has 25 heavy (non-hydrogen) atoms. The number of ketones is 1. The first-order chi connectivity index (χ1) is 11.6. The molecule has 1 aromatic heterocycles. The molecule has 1 saturated heterocycles. The van der Waals surface area contributed by atoms with E-state index in [0.717, 1.165) is 41.6 Å². The standard InChI is InChI=1S/C21H27N2O.W/c1-4-18-10-12-22(13-11-18)15-21(24)20-14-16(2)23(17(20)3)19-8-6-5-7-9-19;/h6-9,14,18H,4,10-13,15H2,1-3H3;/q-1;. The Bertz CT molecular complexity index is 700. The first-order valence-electron chi connectivity index (χ1n) is 9.01. The molecule has 3 nitrogen and oxygen atoms in total. The summed E-state index contributed by atoms with van der Waals surface area (Å²) in [5, 5.41) is 0. The van der Waals surface area contributed by atoms with Gasteiger partial charge in [-0.3, -0.25) is 9.69 Å². The minimum absolute atomic E-state index is 0. The fraction of sp³-hybridized carbons (Fsp3) is 0.476. The van der Waals surface area contributed by atoms with Crippen molar-refractivity contribution in [3.8, 4) is 5.69 Å². The van der Waals surface area contributed by atoms with Crippen LogP contribution in [0.5, 0.6) is 0 Å². The van der Waals surface area contributed by atoms with Gasteiger partial charge in [-0.25, -0.2) is 0 Å². The molecular weight excluding hydrogens is 480 g/mol. The average Bonchev–Trinajstić information content (AvgIpc) is 2.91. The van der Waals surface area contributed by atoms with Crippen molar-refractivity contribution in [2.75, 3.05) is 19.6 Å². The minimum Gasteiger partial charge on any atom is -0.341 e. The molecule has 0 spiro atoms. The Labute approximate surface area is 165 Å². The van der Waals surface area contributed by atoms with E-state index in [1.165, 1.54) is 19.3 Å². The average molecular weight is 507 g/mol. The van der Waals surface area contributed by atoms with Crippen LogP contribution in [-0.2, 0) is 21.1 Å². The molecule has 0 atom stereocenters. The van der Waals surface area contributed by atoms with Gasteiger partial charge < -0.3 is 4.57 Å². The summed E-state index contributed by atoms with van der Waals surface area (Å²) in [6.07, 6.45) is 3.71. The largest absolute Gasteiger partial charge is 0.341 e. The number of carbonyl (C=O) groups excluding carboxylic acids is 1. The van der Waals surface area contributed by atoms with Crippen LogP contribution in [0.25, 0.3) is 5.69 Å². The summed E-state index contributed by atoms with van der Waals surface area (Å²) < 4.78 is 2.16. The van der Waals surface area contributed by atoms with Crippen LogP contribution >= 0.6 is 0 Å². The molecule has 0 amide bonds. The van der Waals surface area contributed by atoms with Crippen molar-refractivity contribution in [2.24, 2.45) is 5.92 Å². The number of carbonyl (C=O) groups is 1. The predicted molar refractivity (Wildman–Crippen MR) is 97.9 cm³/mol. The van der Waals surface area contributed by atoms with Gasteiger partial charge in [0.15, 0.2) is 5.78 Å². The zero-order valence-corrected chi connectivity index (χ0v) is 18.4. The van der Waals surface area contributed by atoms with Gasteiger partial charge in [-0.2, -0.15) is 18.2 Å². The molecule has 2 aromatic rings. The molecule has 0 unspecified atom stereocenters. The van der Waals surface area contributed by atoms with E-state index < -0.39 is 0 Å². The Morgan fingerprint density at radius 2 is 1.84 bits per heavy atom. The fourth-order valence-electron chi connectivity index (χ4n) is 3.81. The summed E-state index contributed by atoms with van der Waals surface area (Å²) in [6.45, 7) is 9.02. The first-order valence-corrected chi connectivity index (χ1v) is 9.01. The molecule has 0 radical (unpaired) electrons. The van der Waals surface area contributed by atoms with E-state index in [2.05, 4.69) is 29.4 Å². The van der Waals surface area contributed by atoms with Gasteiger partial charge >= 0.3 is 0 Å². The van der Waals surface area contributed by atoms with E-state index >= 15 is 0 Å². The van der Waals surface area contributed by atoms with Crippen LogP contribution in [0.15, 0.2) is 30.3 Å². The smallest absolute Gasteiger partial charge is 0.178 e. The molecule has 2 heterocycles. The second kappa shape index (κ2) is 8.96. The third-order valence-electron chi connectivity index (χ3n) is 5.34. The molecule has 0 saturated carbocycles. The van der Waals surface area contributed by atoms with E-state index in [1.54, 1.807) is 0 Å². The van der Waals surface area contributed by atoms with Crippen molar-refractivity contribution in [1.29, 1.82) is 0 Å². The summed E-state index contributed by atoms with van der Waals surface area (Å²) in [5.41, 5.74) is 4.09. The number of hydrogen-bond donors (Lipinski definition) is 0. The number of nitrogens with zero attached hydrogens (tertiary/aromatic N) is 2. The van der Waals surface area contributed by atoms with Crippen LogP contribution in [0.2, 0.25) is 0 Å². The number of aromatic nitrogens is 1. The van der Waals surface area contributed by atoms with Crippen molar-refractivity contribution in [1.82, 2.24) is 9.47 Å². The molecule has 1 aromatic carbocycles. The summed E-state index contributed by atoms with van der Waals surface area (Å²) in [7, 11) is 0. The molecule has 1 fully saturated rings. The molecule has 0 aliphatic carbocycles. The quantitative estimate of drug-likeness (QED) is 0.448. The molecule has 4 heteroatoms. The maximum Gasteiger partial charge on any atom is 0.178 e. The summed E-state index contributed by atoms with van der Waals surface area (Å²) >= 11 is 0. The van der Waals surface area contributed by atoms with Crippen LogP contribution < -0.4 is 0 Å². The minimum atomic E-state index is 0. The predicted octanol–water partition coefficient (Wildman–Crippen LogP) is 4.20. The normalized spacial score (nSPS) is 15.8.